The number of methoxy groups -OCH3 is 1. The maximum atomic E-state index is 12.5. The predicted octanol–water partition coefficient (Wildman–Crippen LogP) is 3.96. The highest BCUT2D eigenvalue weighted by atomic mass is 32.2. The number of anilines is 1. The molecule has 0 unspecified atom stereocenters. The van der Waals surface area contributed by atoms with Gasteiger partial charge in [0, 0.05) is 24.2 Å². The van der Waals surface area contributed by atoms with Crippen molar-refractivity contribution < 1.29 is 27.4 Å². The van der Waals surface area contributed by atoms with Gasteiger partial charge >= 0.3 is 0 Å². The van der Waals surface area contributed by atoms with Gasteiger partial charge in [0.2, 0.25) is 15.0 Å². The molecular weight excluding hydrogens is 516 g/mol. The Morgan fingerprint density at radius 2 is 1.84 bits per heavy atom. The molecule has 1 heterocycles. The van der Waals surface area contributed by atoms with E-state index in [-0.39, 0.29) is 10.7 Å². The number of rotatable bonds is 11. The fourth-order valence-corrected chi connectivity index (χ4v) is 4.51. The number of amides is 1. The molecule has 0 saturated heterocycles. The molecule has 0 aliphatic rings. The van der Waals surface area contributed by atoms with Gasteiger partial charge in [-0.2, -0.15) is 14.6 Å². The molecule has 194 valence electrons. The number of nitrogens with one attached hydrogen (secondary N) is 1. The fraction of sp³-hybridized carbons (Fsp3) is 0.280. The average molecular weight is 543 g/mol. The summed E-state index contributed by atoms with van der Waals surface area (Å²) in [4.78, 5) is 16.2. The van der Waals surface area contributed by atoms with E-state index in [1.807, 2.05) is 38.1 Å². The Bertz CT molecular complexity index is 1460. The van der Waals surface area contributed by atoms with Gasteiger partial charge in [0.1, 0.15) is 17.4 Å². The van der Waals surface area contributed by atoms with Crippen LogP contribution < -0.4 is 19.5 Å². The van der Waals surface area contributed by atoms with Gasteiger partial charge in [-0.05, 0) is 54.8 Å². The Morgan fingerprint density at radius 1 is 1.11 bits per heavy atom. The van der Waals surface area contributed by atoms with Gasteiger partial charge in [-0.3, -0.25) is 10.1 Å². The third-order valence-electron chi connectivity index (χ3n) is 4.97. The highest BCUT2D eigenvalue weighted by Gasteiger charge is 2.17. The van der Waals surface area contributed by atoms with E-state index in [1.165, 1.54) is 13.2 Å². The fourth-order valence-electron chi connectivity index (χ4n) is 3.07. The van der Waals surface area contributed by atoms with E-state index in [1.54, 1.807) is 18.2 Å². The van der Waals surface area contributed by atoms with Crippen molar-refractivity contribution in [2.24, 2.45) is 0 Å². The molecule has 3 aromatic rings. The van der Waals surface area contributed by atoms with Gasteiger partial charge < -0.3 is 14.2 Å². The van der Waals surface area contributed by atoms with Crippen molar-refractivity contribution >= 4 is 38.5 Å². The van der Waals surface area contributed by atoms with Gasteiger partial charge in [0.15, 0.2) is 11.5 Å². The van der Waals surface area contributed by atoms with Crippen LogP contribution in [0.4, 0.5) is 5.13 Å². The van der Waals surface area contributed by atoms with Crippen LogP contribution in [0.15, 0.2) is 47.1 Å². The Balaban J connectivity index is 1.60. The molecule has 0 aliphatic carbocycles. The summed E-state index contributed by atoms with van der Waals surface area (Å²) in [6.07, 6.45) is 2.99. The van der Waals surface area contributed by atoms with Gasteiger partial charge in [-0.25, -0.2) is 8.42 Å². The molecule has 12 heteroatoms. The second kappa shape index (κ2) is 12.3. The molecule has 0 saturated carbocycles. The van der Waals surface area contributed by atoms with E-state index in [2.05, 4.69) is 14.7 Å². The van der Waals surface area contributed by atoms with Crippen molar-refractivity contribution in [2.45, 2.75) is 25.4 Å². The van der Waals surface area contributed by atoms with Crippen molar-refractivity contribution in [3.05, 3.63) is 58.7 Å². The summed E-state index contributed by atoms with van der Waals surface area (Å²) in [5.41, 5.74) is 2.52. The van der Waals surface area contributed by atoms with Crippen molar-refractivity contribution in [1.82, 2.24) is 9.36 Å². The Kier molecular flexibility index (Phi) is 9.21. The number of ether oxygens (including phenoxy) is 3. The number of benzene rings is 2. The Hall–Kier alpha value is -3.95. The molecular formula is C25H26N4O6S2. The largest absolute Gasteiger partial charge is 0.493 e. The summed E-state index contributed by atoms with van der Waals surface area (Å²) in [5, 5.41) is 11.4. The van der Waals surface area contributed by atoms with E-state index >= 15 is 0 Å². The van der Waals surface area contributed by atoms with E-state index in [0.717, 1.165) is 23.1 Å². The van der Waals surface area contributed by atoms with Crippen LogP contribution in [0.3, 0.4) is 0 Å². The van der Waals surface area contributed by atoms with E-state index in [9.17, 15) is 18.5 Å². The lowest BCUT2D eigenvalue weighted by Crippen LogP contribution is -2.13. The molecule has 1 amide bonds. The summed E-state index contributed by atoms with van der Waals surface area (Å²) in [6, 6.07) is 12.9. The molecule has 3 rings (SSSR count). The van der Waals surface area contributed by atoms with Crippen LogP contribution in [0.25, 0.3) is 6.08 Å². The lowest BCUT2D eigenvalue weighted by atomic mass is 10.1. The van der Waals surface area contributed by atoms with Gasteiger partial charge in [-0.15, -0.1) is 0 Å². The van der Waals surface area contributed by atoms with Crippen LogP contribution >= 0.6 is 11.5 Å². The zero-order chi connectivity index (χ0) is 27.0. The third-order valence-corrected chi connectivity index (χ3v) is 6.56. The quantitative estimate of drug-likeness (QED) is 0.216. The number of nitriles is 1. The van der Waals surface area contributed by atoms with Crippen molar-refractivity contribution in [3.8, 4) is 23.3 Å². The molecule has 0 atom stereocenters. The lowest BCUT2D eigenvalue weighted by Gasteiger charge is -2.13. The molecule has 0 bridgehead atoms. The molecule has 0 spiro atoms. The maximum absolute atomic E-state index is 12.5. The molecule has 1 aromatic heterocycles. The van der Waals surface area contributed by atoms with Crippen molar-refractivity contribution in [3.63, 3.8) is 0 Å². The zero-order valence-electron chi connectivity index (χ0n) is 20.8. The van der Waals surface area contributed by atoms with E-state index in [4.69, 9.17) is 14.2 Å². The highest BCUT2D eigenvalue weighted by molar-refractivity contribution is 7.90. The molecule has 37 heavy (non-hydrogen) atoms. The first kappa shape index (κ1) is 27.6. The number of sulfone groups is 1. The summed E-state index contributed by atoms with van der Waals surface area (Å²) < 4.78 is 43.8. The highest BCUT2D eigenvalue weighted by Crippen LogP contribution is 2.29. The summed E-state index contributed by atoms with van der Waals surface area (Å²) in [7, 11) is -2.11. The Morgan fingerprint density at radius 3 is 2.49 bits per heavy atom. The zero-order valence-corrected chi connectivity index (χ0v) is 22.4. The molecule has 10 nitrogen and oxygen atoms in total. The third kappa shape index (κ3) is 7.77. The summed E-state index contributed by atoms with van der Waals surface area (Å²) in [5.74, 6) is 1.05. The van der Waals surface area contributed by atoms with E-state index in [0.29, 0.717) is 48.2 Å². The first-order valence-electron chi connectivity index (χ1n) is 11.1. The van der Waals surface area contributed by atoms with Crippen LogP contribution in [0, 0.1) is 25.2 Å². The topological polar surface area (TPSA) is 140 Å². The van der Waals surface area contributed by atoms with Crippen LogP contribution in [0.1, 0.15) is 23.1 Å². The average Bonchev–Trinajstić information content (AvgIpc) is 3.34. The number of carbonyl (C=O) groups excluding carboxylic acids is 1. The normalized spacial score (nSPS) is 11.5. The predicted molar refractivity (Wildman–Crippen MR) is 140 cm³/mol. The lowest BCUT2D eigenvalue weighted by molar-refractivity contribution is -0.112. The molecule has 0 radical (unpaired) electrons. The minimum atomic E-state index is -3.61. The van der Waals surface area contributed by atoms with Crippen LogP contribution in [0.2, 0.25) is 0 Å². The number of hydrogen-bond acceptors (Lipinski definition) is 10. The summed E-state index contributed by atoms with van der Waals surface area (Å²) in [6.45, 7) is 4.91. The number of carbonyl (C=O) groups is 1. The van der Waals surface area contributed by atoms with E-state index < -0.39 is 20.9 Å². The molecule has 0 aliphatic heterocycles. The first-order valence-corrected chi connectivity index (χ1v) is 13.7. The molecule has 0 fully saturated rings. The van der Waals surface area contributed by atoms with Crippen molar-refractivity contribution in [2.75, 3.05) is 31.9 Å². The monoisotopic (exact) mass is 542 g/mol. The standard InChI is InChI=1S/C25H26N4O6S2/c1-16-6-7-17(2)21(12-16)35-11-5-10-34-20-9-8-18(14-22(20)33-3)13-19(15-26)23(30)27-24-28-25(29-36-24)37(4,31)32/h6-9,12-14H,5,10-11H2,1-4H3,(H,27,28,29,30). The molecule has 1 N–H and O–H groups in total. The number of aromatic nitrogens is 2. The first-order chi connectivity index (χ1) is 17.6. The van der Waals surface area contributed by atoms with Gasteiger partial charge in [0.05, 0.1) is 20.3 Å². The Labute approximate surface area is 219 Å². The minimum Gasteiger partial charge on any atom is -0.493 e. The van der Waals surface area contributed by atoms with Crippen LogP contribution in [-0.4, -0.2) is 50.3 Å². The van der Waals surface area contributed by atoms with Crippen LogP contribution in [0.5, 0.6) is 17.2 Å². The number of aryl methyl sites for hydroxylation is 2. The number of nitrogens with zero attached hydrogens (tertiary/aromatic N) is 3. The van der Waals surface area contributed by atoms with Crippen molar-refractivity contribution in [1.29, 1.82) is 5.26 Å². The van der Waals surface area contributed by atoms with Gasteiger partial charge in [0.25, 0.3) is 11.1 Å². The minimum absolute atomic E-state index is 0.0329. The van der Waals surface area contributed by atoms with Crippen LogP contribution in [-0.2, 0) is 14.6 Å². The smallest absolute Gasteiger partial charge is 0.268 e. The summed E-state index contributed by atoms with van der Waals surface area (Å²) >= 11 is 0.704. The second-order valence-corrected chi connectivity index (χ2v) is 10.7. The molecule has 2 aromatic carbocycles. The number of hydrogen-bond donors (Lipinski definition) is 1. The maximum Gasteiger partial charge on any atom is 0.268 e. The SMILES string of the molecule is COc1cc(C=C(C#N)C(=O)Nc2nc(S(C)(=O)=O)ns2)ccc1OCCCOc1cc(C)ccc1C. The second-order valence-electron chi connectivity index (χ2n) is 8.01. The van der Waals surface area contributed by atoms with Gasteiger partial charge in [-0.1, -0.05) is 18.2 Å².